The second kappa shape index (κ2) is 10.4. The monoisotopic (exact) mass is 543 g/mol. The van der Waals surface area contributed by atoms with E-state index in [9.17, 15) is 36.2 Å². The Labute approximate surface area is 217 Å². The van der Waals surface area contributed by atoms with E-state index in [0.29, 0.717) is 38.2 Å². The number of carbonyl (C=O) groups excluding carboxylic acids is 1. The number of carbonyl (C=O) groups is 1. The summed E-state index contributed by atoms with van der Waals surface area (Å²) in [5.74, 6) is 0.0594. The molecule has 2 aromatic rings. The highest BCUT2D eigenvalue weighted by molar-refractivity contribution is 5.76. The number of fused-ring (bicyclic) bond motifs is 1. The Morgan fingerprint density at radius 3 is 2.21 bits per heavy atom. The first-order valence-electron chi connectivity index (χ1n) is 12.5. The smallest absolute Gasteiger partial charge is 0.396 e. The average molecular weight is 544 g/mol. The molecule has 4 rings (SSSR count). The van der Waals surface area contributed by atoms with Gasteiger partial charge in [-0.1, -0.05) is 24.3 Å². The number of aliphatic hydroxyl groups excluding tert-OH is 1. The molecule has 2 amide bonds. The van der Waals surface area contributed by atoms with Gasteiger partial charge in [0.05, 0.1) is 23.2 Å². The SMILES string of the molecule is Cc1ccccc1C1C2CC(CO)CN2CCN1C(=O)N(C)[C@H](C)c1cc(C(F)(F)F)cc(C(F)(F)F)c1. The summed E-state index contributed by atoms with van der Waals surface area (Å²) in [6, 6.07) is 7.06. The van der Waals surface area contributed by atoms with Crippen LogP contribution >= 0.6 is 0 Å². The second-order valence-electron chi connectivity index (χ2n) is 10.3. The van der Waals surface area contributed by atoms with E-state index in [-0.39, 0.29) is 36.2 Å². The minimum Gasteiger partial charge on any atom is -0.396 e. The molecule has 0 radical (unpaired) electrons. The highest BCUT2D eigenvalue weighted by Gasteiger charge is 2.46. The van der Waals surface area contributed by atoms with Gasteiger partial charge in [-0.15, -0.1) is 0 Å². The fraction of sp³-hybridized carbons (Fsp3) is 0.519. The van der Waals surface area contributed by atoms with Crippen LogP contribution in [0.3, 0.4) is 0 Å². The Morgan fingerprint density at radius 2 is 1.66 bits per heavy atom. The molecule has 38 heavy (non-hydrogen) atoms. The largest absolute Gasteiger partial charge is 0.416 e. The molecule has 2 fully saturated rings. The number of benzene rings is 2. The molecule has 4 atom stereocenters. The Morgan fingerprint density at radius 1 is 1.05 bits per heavy atom. The van der Waals surface area contributed by atoms with E-state index < -0.39 is 35.6 Å². The van der Waals surface area contributed by atoms with E-state index in [4.69, 9.17) is 0 Å². The van der Waals surface area contributed by atoms with Crippen LogP contribution < -0.4 is 0 Å². The summed E-state index contributed by atoms with van der Waals surface area (Å²) < 4.78 is 80.6. The zero-order valence-electron chi connectivity index (χ0n) is 21.4. The Hall–Kier alpha value is -2.79. The highest BCUT2D eigenvalue weighted by Crippen LogP contribution is 2.42. The molecule has 2 aliphatic rings. The van der Waals surface area contributed by atoms with Crippen molar-refractivity contribution in [2.45, 2.75) is 50.7 Å². The lowest BCUT2D eigenvalue weighted by Gasteiger charge is -2.47. The maximum atomic E-state index is 13.9. The quantitative estimate of drug-likeness (QED) is 0.490. The van der Waals surface area contributed by atoms with Gasteiger partial charge in [0.2, 0.25) is 0 Å². The summed E-state index contributed by atoms with van der Waals surface area (Å²) in [4.78, 5) is 19.0. The van der Waals surface area contributed by atoms with Gasteiger partial charge in [-0.05, 0) is 61.1 Å². The molecule has 2 aromatic carbocycles. The molecule has 0 aliphatic carbocycles. The minimum absolute atomic E-state index is 0.0233. The minimum atomic E-state index is -4.98. The van der Waals surface area contributed by atoms with Crippen molar-refractivity contribution in [3.63, 3.8) is 0 Å². The molecule has 5 nitrogen and oxygen atoms in total. The molecular weight excluding hydrogens is 512 g/mol. The van der Waals surface area contributed by atoms with Gasteiger partial charge in [-0.25, -0.2) is 4.79 Å². The van der Waals surface area contributed by atoms with Crippen molar-refractivity contribution in [3.8, 4) is 0 Å². The van der Waals surface area contributed by atoms with Crippen LogP contribution in [0.15, 0.2) is 42.5 Å². The molecule has 0 bridgehead atoms. The number of hydrogen-bond donors (Lipinski definition) is 1. The maximum absolute atomic E-state index is 13.9. The first-order chi connectivity index (χ1) is 17.7. The van der Waals surface area contributed by atoms with Gasteiger partial charge in [0.25, 0.3) is 0 Å². The van der Waals surface area contributed by atoms with Gasteiger partial charge >= 0.3 is 18.4 Å². The molecule has 1 N–H and O–H groups in total. The Balaban J connectivity index is 1.69. The van der Waals surface area contributed by atoms with Gasteiger partial charge < -0.3 is 14.9 Å². The zero-order valence-corrected chi connectivity index (χ0v) is 21.4. The van der Waals surface area contributed by atoms with Gasteiger partial charge in [0.1, 0.15) is 0 Å². The van der Waals surface area contributed by atoms with Gasteiger partial charge in [-0.3, -0.25) is 4.90 Å². The van der Waals surface area contributed by atoms with Gasteiger partial charge in [0, 0.05) is 39.3 Å². The molecule has 2 aliphatic heterocycles. The van der Waals surface area contributed by atoms with E-state index in [1.54, 1.807) is 4.90 Å². The Bertz CT molecular complexity index is 1140. The van der Waals surface area contributed by atoms with Crippen LogP contribution in [0.1, 0.15) is 53.2 Å². The van der Waals surface area contributed by atoms with Crippen LogP contribution in [0.4, 0.5) is 31.1 Å². The number of nitrogens with zero attached hydrogens (tertiary/aromatic N) is 3. The van der Waals surface area contributed by atoms with Crippen LogP contribution in [0.25, 0.3) is 0 Å². The molecule has 11 heteroatoms. The van der Waals surface area contributed by atoms with Crippen molar-refractivity contribution < 1.29 is 36.2 Å². The molecular formula is C27H31F6N3O2. The normalized spacial score (nSPS) is 23.3. The number of rotatable bonds is 4. The molecule has 0 aromatic heterocycles. The lowest BCUT2D eigenvalue weighted by molar-refractivity contribution is -0.143. The van der Waals surface area contributed by atoms with Gasteiger partial charge in [0.15, 0.2) is 0 Å². The summed E-state index contributed by atoms with van der Waals surface area (Å²) in [6.45, 7) is 4.96. The lowest BCUT2D eigenvalue weighted by atomic mass is 9.89. The van der Waals surface area contributed by atoms with Crippen molar-refractivity contribution in [1.82, 2.24) is 14.7 Å². The first kappa shape index (κ1) is 28.2. The molecule has 0 spiro atoms. The predicted molar refractivity (Wildman–Crippen MR) is 129 cm³/mol. The molecule has 2 heterocycles. The third-order valence-electron chi connectivity index (χ3n) is 7.85. The van der Waals surface area contributed by atoms with Crippen molar-refractivity contribution in [2.24, 2.45) is 5.92 Å². The number of halogens is 6. The summed E-state index contributed by atoms with van der Waals surface area (Å²) in [5.41, 5.74) is -1.19. The fourth-order valence-corrected chi connectivity index (χ4v) is 5.65. The van der Waals surface area contributed by atoms with Crippen molar-refractivity contribution >= 4 is 6.03 Å². The first-order valence-corrected chi connectivity index (χ1v) is 12.5. The van der Waals surface area contributed by atoms with E-state index >= 15 is 0 Å². The Kier molecular flexibility index (Phi) is 7.73. The van der Waals surface area contributed by atoms with E-state index in [1.807, 2.05) is 31.2 Å². The molecule has 208 valence electrons. The number of alkyl halides is 6. The number of urea groups is 1. The lowest BCUT2D eigenvalue weighted by Crippen LogP contribution is -2.56. The summed E-state index contributed by atoms with van der Waals surface area (Å²) in [5, 5.41) is 9.77. The zero-order chi connectivity index (χ0) is 28.0. The van der Waals surface area contributed by atoms with Crippen LogP contribution in [0.5, 0.6) is 0 Å². The standard InChI is InChI=1S/C27H31F6N3O2/c1-16-6-4-5-7-22(16)24-23-10-18(15-37)14-35(23)8-9-36(24)25(38)34(3)17(2)19-11-20(26(28,29)30)13-21(12-19)27(31,32)33/h4-7,11-13,17-18,23-24,37H,8-10,14-15H2,1-3H3/t17-,18?,23?,24?/m1/s1. The number of hydrogen-bond acceptors (Lipinski definition) is 3. The van der Waals surface area contributed by atoms with E-state index in [1.165, 1.54) is 18.9 Å². The topological polar surface area (TPSA) is 47.0 Å². The molecule has 0 saturated carbocycles. The number of aryl methyl sites for hydroxylation is 1. The maximum Gasteiger partial charge on any atom is 0.416 e. The van der Waals surface area contributed by atoms with Crippen LogP contribution in [-0.4, -0.2) is 65.2 Å². The summed E-state index contributed by atoms with van der Waals surface area (Å²) in [6.07, 6.45) is -9.28. The van der Waals surface area contributed by atoms with Crippen molar-refractivity contribution in [3.05, 3.63) is 70.3 Å². The van der Waals surface area contributed by atoms with E-state index in [2.05, 4.69) is 4.90 Å². The van der Waals surface area contributed by atoms with E-state index in [0.717, 1.165) is 11.1 Å². The van der Waals surface area contributed by atoms with Gasteiger partial charge in [-0.2, -0.15) is 26.3 Å². The molecule has 3 unspecified atom stereocenters. The third-order valence-corrected chi connectivity index (χ3v) is 7.85. The van der Waals surface area contributed by atoms with Crippen LogP contribution in [-0.2, 0) is 12.4 Å². The van der Waals surface area contributed by atoms with Crippen molar-refractivity contribution in [2.75, 3.05) is 33.3 Å². The summed E-state index contributed by atoms with van der Waals surface area (Å²) >= 11 is 0. The predicted octanol–water partition coefficient (Wildman–Crippen LogP) is 5.89. The van der Waals surface area contributed by atoms with Crippen LogP contribution in [0, 0.1) is 12.8 Å². The second-order valence-corrected chi connectivity index (χ2v) is 10.3. The summed E-state index contributed by atoms with van der Waals surface area (Å²) in [7, 11) is 1.40. The fourth-order valence-electron chi connectivity index (χ4n) is 5.65. The molecule has 2 saturated heterocycles. The highest BCUT2D eigenvalue weighted by atomic mass is 19.4. The number of amides is 2. The van der Waals surface area contributed by atoms with Crippen molar-refractivity contribution in [1.29, 1.82) is 0 Å². The number of piperazine rings is 1. The average Bonchev–Trinajstić information content (AvgIpc) is 3.29. The number of aliphatic hydroxyl groups is 1. The van der Waals surface area contributed by atoms with Crippen LogP contribution in [0.2, 0.25) is 0 Å². The third kappa shape index (κ3) is 5.49.